The number of hydrogen-bond acceptors (Lipinski definition) is 2. The number of aliphatic hydroxyl groups excluding tert-OH is 1. The first kappa shape index (κ1) is 10.8. The third kappa shape index (κ3) is 1.28. The van der Waals surface area contributed by atoms with Gasteiger partial charge in [0.15, 0.2) is 0 Å². The second kappa shape index (κ2) is 3.61. The number of benzene rings is 1. The summed E-state index contributed by atoms with van der Waals surface area (Å²) in [5, 5.41) is 13.9. The monoisotopic (exact) mass is 257 g/mol. The van der Waals surface area contributed by atoms with Crippen molar-refractivity contribution in [3.05, 3.63) is 33.8 Å². The molecule has 0 unspecified atom stereocenters. The van der Waals surface area contributed by atoms with Gasteiger partial charge in [0.2, 0.25) is 0 Å². The molecule has 1 aliphatic carbocycles. The van der Waals surface area contributed by atoms with Crippen molar-refractivity contribution >= 4 is 23.2 Å². The van der Waals surface area contributed by atoms with Crippen molar-refractivity contribution in [2.75, 3.05) is 19.7 Å². The van der Waals surface area contributed by atoms with Gasteiger partial charge in [-0.1, -0.05) is 29.3 Å². The number of aliphatic hydroxyl groups is 1. The Hall–Kier alpha value is -0.280. The van der Waals surface area contributed by atoms with E-state index in [0.29, 0.717) is 21.9 Å². The molecule has 1 saturated carbocycles. The van der Waals surface area contributed by atoms with Crippen molar-refractivity contribution in [2.24, 2.45) is 11.8 Å². The molecule has 86 valence electrons. The molecule has 0 amide bonds. The second-order valence-electron chi connectivity index (χ2n) is 4.70. The lowest BCUT2D eigenvalue weighted by Gasteiger charge is -2.15. The highest BCUT2D eigenvalue weighted by atomic mass is 35.5. The van der Waals surface area contributed by atoms with Crippen molar-refractivity contribution in [2.45, 2.75) is 5.41 Å². The van der Waals surface area contributed by atoms with Crippen molar-refractivity contribution in [1.82, 2.24) is 5.32 Å². The molecule has 2 nitrogen and oxygen atoms in total. The molecule has 0 radical (unpaired) electrons. The van der Waals surface area contributed by atoms with E-state index in [-0.39, 0.29) is 12.0 Å². The summed E-state index contributed by atoms with van der Waals surface area (Å²) in [7, 11) is 0. The second-order valence-corrected chi connectivity index (χ2v) is 5.51. The Labute approximate surface area is 105 Å². The fourth-order valence-corrected chi connectivity index (χ4v) is 3.53. The number of fused-ring (bicyclic) bond motifs is 1. The molecular weight excluding hydrogens is 245 g/mol. The van der Waals surface area contributed by atoms with Crippen LogP contribution in [-0.2, 0) is 5.41 Å². The first-order chi connectivity index (χ1) is 7.70. The first-order valence-corrected chi connectivity index (χ1v) is 6.23. The summed E-state index contributed by atoms with van der Waals surface area (Å²) in [5.41, 5.74) is 1.30. The molecule has 1 heterocycles. The largest absolute Gasteiger partial charge is 0.396 e. The van der Waals surface area contributed by atoms with Gasteiger partial charge in [-0.3, -0.25) is 0 Å². The van der Waals surface area contributed by atoms with Gasteiger partial charge in [0.25, 0.3) is 0 Å². The van der Waals surface area contributed by atoms with Crippen molar-refractivity contribution in [3.63, 3.8) is 0 Å². The summed E-state index contributed by atoms with van der Waals surface area (Å²) >= 11 is 12.0. The quantitative estimate of drug-likeness (QED) is 0.851. The van der Waals surface area contributed by atoms with Crippen LogP contribution in [0, 0.1) is 11.8 Å². The van der Waals surface area contributed by atoms with Crippen LogP contribution in [0.15, 0.2) is 18.2 Å². The molecule has 4 heteroatoms. The van der Waals surface area contributed by atoms with Crippen molar-refractivity contribution < 1.29 is 5.11 Å². The highest BCUT2D eigenvalue weighted by Crippen LogP contribution is 2.61. The van der Waals surface area contributed by atoms with Gasteiger partial charge in [-0.15, -0.1) is 0 Å². The summed E-state index contributed by atoms with van der Waals surface area (Å²) < 4.78 is 0. The summed E-state index contributed by atoms with van der Waals surface area (Å²) in [5.74, 6) is 0.931. The van der Waals surface area contributed by atoms with Gasteiger partial charge in [0.05, 0.1) is 10.0 Å². The molecule has 1 saturated heterocycles. The normalized spacial score (nSPS) is 36.2. The van der Waals surface area contributed by atoms with Crippen LogP contribution in [0.5, 0.6) is 0 Å². The van der Waals surface area contributed by atoms with Gasteiger partial charge in [0, 0.05) is 18.6 Å². The van der Waals surface area contributed by atoms with Crippen LogP contribution < -0.4 is 5.32 Å². The Morgan fingerprint density at radius 2 is 2.19 bits per heavy atom. The lowest BCUT2D eigenvalue weighted by Crippen LogP contribution is -2.24. The summed E-state index contributed by atoms with van der Waals surface area (Å²) in [6.07, 6.45) is 0. The molecule has 2 N–H and O–H groups in total. The third-order valence-corrected chi connectivity index (χ3v) is 4.87. The SMILES string of the molecule is OC[C@@H]1[C@H]2CNC[C@@]12c1ccc(Cl)c(Cl)c1. The minimum absolute atomic E-state index is 0.100. The van der Waals surface area contributed by atoms with E-state index in [1.54, 1.807) is 0 Å². The first-order valence-electron chi connectivity index (χ1n) is 5.47. The van der Waals surface area contributed by atoms with Crippen molar-refractivity contribution in [1.29, 1.82) is 0 Å². The number of nitrogens with one attached hydrogen (secondary N) is 1. The fourth-order valence-electron chi connectivity index (χ4n) is 3.23. The van der Waals surface area contributed by atoms with Crippen LogP contribution in [0.1, 0.15) is 5.56 Å². The molecule has 3 atom stereocenters. The molecule has 1 aliphatic heterocycles. The number of piperidine rings is 1. The lowest BCUT2D eigenvalue weighted by molar-refractivity contribution is 0.253. The van der Waals surface area contributed by atoms with Crippen LogP contribution in [0.2, 0.25) is 10.0 Å². The highest BCUT2D eigenvalue weighted by Gasteiger charge is 2.67. The molecule has 0 aromatic heterocycles. The van der Waals surface area contributed by atoms with Gasteiger partial charge >= 0.3 is 0 Å². The number of hydrogen-bond donors (Lipinski definition) is 2. The molecule has 0 spiro atoms. The third-order valence-electron chi connectivity index (χ3n) is 4.14. The summed E-state index contributed by atoms with van der Waals surface area (Å²) in [6.45, 7) is 2.18. The van der Waals surface area contributed by atoms with Gasteiger partial charge < -0.3 is 10.4 Å². The zero-order chi connectivity index (χ0) is 11.3. The van der Waals surface area contributed by atoms with E-state index in [1.165, 1.54) is 5.56 Å². The van der Waals surface area contributed by atoms with Crippen LogP contribution in [0.3, 0.4) is 0 Å². The molecule has 2 fully saturated rings. The van der Waals surface area contributed by atoms with Crippen LogP contribution in [0.25, 0.3) is 0 Å². The Bertz CT molecular complexity index is 431. The summed E-state index contributed by atoms with van der Waals surface area (Å²) in [4.78, 5) is 0. The van der Waals surface area contributed by atoms with Gasteiger partial charge in [-0.25, -0.2) is 0 Å². The average Bonchev–Trinajstić information content (AvgIpc) is 2.69. The van der Waals surface area contributed by atoms with Crippen LogP contribution >= 0.6 is 23.2 Å². The Morgan fingerprint density at radius 1 is 1.38 bits per heavy atom. The van der Waals surface area contributed by atoms with Gasteiger partial charge in [0.1, 0.15) is 0 Å². The zero-order valence-corrected chi connectivity index (χ0v) is 10.2. The summed E-state index contributed by atoms with van der Waals surface area (Å²) in [6, 6.07) is 5.82. The highest BCUT2D eigenvalue weighted by molar-refractivity contribution is 6.42. The molecule has 2 aliphatic rings. The van der Waals surface area contributed by atoms with E-state index >= 15 is 0 Å². The van der Waals surface area contributed by atoms with E-state index in [2.05, 4.69) is 5.32 Å². The van der Waals surface area contributed by atoms with Crippen molar-refractivity contribution in [3.8, 4) is 0 Å². The van der Waals surface area contributed by atoms with E-state index in [9.17, 15) is 5.11 Å². The number of rotatable bonds is 2. The molecule has 3 rings (SSSR count). The standard InChI is InChI=1S/C12H13Cl2NO/c13-10-2-1-7(3-11(10)14)12-6-15-4-8(12)9(12)5-16/h1-3,8-9,15-16H,4-6H2/t8-,9-,12+/m1/s1. The fraction of sp³-hybridized carbons (Fsp3) is 0.500. The Morgan fingerprint density at radius 3 is 2.81 bits per heavy atom. The predicted molar refractivity (Wildman–Crippen MR) is 65.1 cm³/mol. The Kier molecular flexibility index (Phi) is 2.44. The van der Waals surface area contributed by atoms with E-state index in [0.717, 1.165) is 13.1 Å². The van der Waals surface area contributed by atoms with E-state index in [1.807, 2.05) is 18.2 Å². The molecule has 1 aromatic rings. The Balaban J connectivity index is 2.00. The van der Waals surface area contributed by atoms with Crippen LogP contribution in [0.4, 0.5) is 0 Å². The van der Waals surface area contributed by atoms with E-state index < -0.39 is 0 Å². The molecule has 16 heavy (non-hydrogen) atoms. The lowest BCUT2D eigenvalue weighted by atomic mass is 9.93. The van der Waals surface area contributed by atoms with Gasteiger partial charge in [-0.2, -0.15) is 0 Å². The maximum absolute atomic E-state index is 9.38. The minimum Gasteiger partial charge on any atom is -0.396 e. The maximum Gasteiger partial charge on any atom is 0.0595 e. The minimum atomic E-state index is 0.100. The topological polar surface area (TPSA) is 32.3 Å². The average molecular weight is 258 g/mol. The van der Waals surface area contributed by atoms with E-state index in [4.69, 9.17) is 23.2 Å². The molecule has 1 aromatic carbocycles. The maximum atomic E-state index is 9.38. The molecular formula is C12H13Cl2NO. The number of halogens is 2. The molecule has 0 bridgehead atoms. The zero-order valence-electron chi connectivity index (χ0n) is 8.71. The predicted octanol–water partition coefficient (Wildman–Crippen LogP) is 2.07. The smallest absolute Gasteiger partial charge is 0.0595 e. The van der Waals surface area contributed by atoms with Gasteiger partial charge in [-0.05, 0) is 36.1 Å². The van der Waals surface area contributed by atoms with Crippen LogP contribution in [-0.4, -0.2) is 24.8 Å².